The van der Waals surface area contributed by atoms with Crippen LogP contribution in [0.5, 0.6) is 5.75 Å². The van der Waals surface area contributed by atoms with Crippen LogP contribution in [0.1, 0.15) is 67.7 Å². The van der Waals surface area contributed by atoms with Crippen molar-refractivity contribution in [2.45, 2.75) is 96.6 Å². The summed E-state index contributed by atoms with van der Waals surface area (Å²) in [4.78, 5) is 49.1. The van der Waals surface area contributed by atoms with Crippen LogP contribution in [0.3, 0.4) is 0 Å². The first-order valence-corrected chi connectivity index (χ1v) is 16.0. The highest BCUT2D eigenvalue weighted by molar-refractivity contribution is 6.03. The Morgan fingerprint density at radius 3 is 2.30 bits per heavy atom. The third-order valence-electron chi connectivity index (χ3n) is 9.98. The number of carbonyl (C=O) groups excluding carboxylic acids is 3. The van der Waals surface area contributed by atoms with Crippen molar-refractivity contribution in [2.75, 3.05) is 31.2 Å². The number of hydrogen-bond donors (Lipinski definition) is 1. The third-order valence-corrected chi connectivity index (χ3v) is 9.98. The lowest BCUT2D eigenvalue weighted by Gasteiger charge is -2.44. The van der Waals surface area contributed by atoms with Gasteiger partial charge in [-0.3, -0.25) is 14.4 Å². The number of aliphatic hydroxyl groups is 1. The minimum Gasteiger partial charge on any atom is -0.494 e. The Morgan fingerprint density at radius 2 is 1.77 bits per heavy atom. The van der Waals surface area contributed by atoms with E-state index in [1.807, 2.05) is 72.7 Å². The summed E-state index contributed by atoms with van der Waals surface area (Å²) in [6.45, 7) is 22.2. The molecule has 0 aromatic heterocycles. The first-order chi connectivity index (χ1) is 20.8. The van der Waals surface area contributed by atoms with Gasteiger partial charge >= 0.3 is 0 Å². The average molecular weight is 610 g/mol. The Bertz CT molecular complexity index is 1260. The van der Waals surface area contributed by atoms with E-state index in [9.17, 15) is 19.5 Å². The fourth-order valence-electron chi connectivity index (χ4n) is 7.67. The number of fused-ring (bicyclic) bond motifs is 1. The molecule has 1 spiro atoms. The molecule has 0 radical (unpaired) electrons. The average Bonchev–Trinajstić information content (AvgIpc) is 3.55. The van der Waals surface area contributed by atoms with E-state index >= 15 is 0 Å². The molecule has 3 amide bonds. The molecule has 3 heterocycles. The van der Waals surface area contributed by atoms with Crippen molar-refractivity contribution in [3.63, 3.8) is 0 Å². The van der Waals surface area contributed by atoms with E-state index in [1.54, 1.807) is 26.9 Å². The minimum atomic E-state index is -1.20. The summed E-state index contributed by atoms with van der Waals surface area (Å²) in [6, 6.07) is 5.71. The van der Waals surface area contributed by atoms with Gasteiger partial charge in [-0.2, -0.15) is 0 Å². The standard InChI is InChI=1S/C35H51N3O6/c1-10-20-36(24-14-16-25(17-15-24)43-13-4)30(40)27-28-31(41)38(26(22-39)23(5)12-3)29(35(28)19-18-34(27,9)44-35)32(42)37(21-11-2)33(6,7)8/h10-11,14-17,23,26-29,39H,1-2,12-13,18-22H2,3-9H3/t23-,26-,27+,28-,29?,34-,35?/m0/s1. The molecule has 9 nitrogen and oxygen atoms in total. The number of aliphatic hydroxyl groups excluding tert-OH is 1. The largest absolute Gasteiger partial charge is 0.494 e. The topological polar surface area (TPSA) is 99.6 Å². The first-order valence-electron chi connectivity index (χ1n) is 16.0. The minimum absolute atomic E-state index is 0.0833. The summed E-state index contributed by atoms with van der Waals surface area (Å²) in [5.74, 6) is -1.88. The number of rotatable bonds is 13. The van der Waals surface area contributed by atoms with Gasteiger partial charge in [-0.1, -0.05) is 32.4 Å². The summed E-state index contributed by atoms with van der Waals surface area (Å²) < 4.78 is 12.5. The number of carbonyl (C=O) groups is 3. The Balaban J connectivity index is 1.85. The van der Waals surface area contributed by atoms with Crippen LogP contribution in [0.25, 0.3) is 0 Å². The number of hydrogen-bond acceptors (Lipinski definition) is 6. The summed E-state index contributed by atoms with van der Waals surface area (Å²) in [5, 5.41) is 10.7. The molecule has 2 bridgehead atoms. The maximum absolute atomic E-state index is 14.8. The van der Waals surface area contributed by atoms with Crippen molar-refractivity contribution in [1.82, 2.24) is 9.80 Å². The van der Waals surface area contributed by atoms with Crippen LogP contribution >= 0.6 is 0 Å². The van der Waals surface area contributed by atoms with Crippen LogP contribution in [0, 0.1) is 17.8 Å². The third kappa shape index (κ3) is 5.47. The second-order valence-electron chi connectivity index (χ2n) is 13.7. The lowest BCUT2D eigenvalue weighted by Crippen LogP contribution is -2.62. The van der Waals surface area contributed by atoms with Gasteiger partial charge in [-0.15, -0.1) is 13.2 Å². The van der Waals surface area contributed by atoms with Gasteiger partial charge in [0.2, 0.25) is 17.7 Å². The lowest BCUT2D eigenvalue weighted by molar-refractivity contribution is -0.159. The quantitative estimate of drug-likeness (QED) is 0.329. The van der Waals surface area contributed by atoms with Crippen molar-refractivity contribution in [1.29, 1.82) is 0 Å². The van der Waals surface area contributed by atoms with E-state index in [0.717, 1.165) is 0 Å². The van der Waals surface area contributed by atoms with Gasteiger partial charge in [-0.25, -0.2) is 0 Å². The molecule has 4 rings (SSSR count). The van der Waals surface area contributed by atoms with E-state index < -0.39 is 40.7 Å². The maximum atomic E-state index is 14.8. The van der Waals surface area contributed by atoms with Gasteiger partial charge < -0.3 is 29.3 Å². The molecule has 242 valence electrons. The molecule has 3 saturated heterocycles. The fourth-order valence-corrected chi connectivity index (χ4v) is 7.67. The van der Waals surface area contributed by atoms with Crippen LogP contribution in [-0.4, -0.2) is 87.8 Å². The van der Waals surface area contributed by atoms with E-state index in [4.69, 9.17) is 9.47 Å². The molecule has 3 fully saturated rings. The predicted octanol–water partition coefficient (Wildman–Crippen LogP) is 4.59. The highest BCUT2D eigenvalue weighted by Gasteiger charge is 2.79. The highest BCUT2D eigenvalue weighted by atomic mass is 16.5. The molecule has 3 aliphatic rings. The van der Waals surface area contributed by atoms with E-state index in [-0.39, 0.29) is 36.8 Å². The molecule has 0 aliphatic carbocycles. The number of anilines is 1. The van der Waals surface area contributed by atoms with Crippen molar-refractivity contribution in [2.24, 2.45) is 17.8 Å². The first kappa shape index (κ1) is 33.7. The van der Waals surface area contributed by atoms with Gasteiger partial charge in [0.25, 0.3) is 0 Å². The summed E-state index contributed by atoms with van der Waals surface area (Å²) >= 11 is 0. The molecule has 3 aliphatic heterocycles. The molecule has 1 N–H and O–H groups in total. The van der Waals surface area contributed by atoms with Gasteiger partial charge in [0.05, 0.1) is 36.7 Å². The Morgan fingerprint density at radius 1 is 1.14 bits per heavy atom. The maximum Gasteiger partial charge on any atom is 0.249 e. The molecular weight excluding hydrogens is 558 g/mol. The molecular formula is C35H51N3O6. The molecule has 7 atom stereocenters. The number of nitrogens with zero attached hydrogens (tertiary/aromatic N) is 3. The van der Waals surface area contributed by atoms with Crippen LogP contribution in [-0.2, 0) is 19.1 Å². The number of ether oxygens (including phenoxy) is 2. The molecule has 9 heteroatoms. The zero-order valence-electron chi connectivity index (χ0n) is 27.5. The molecule has 1 aromatic carbocycles. The number of likely N-dealkylation sites (tertiary alicyclic amines) is 1. The Hall–Kier alpha value is -3.17. The van der Waals surface area contributed by atoms with Crippen molar-refractivity contribution in [3.8, 4) is 5.75 Å². The summed E-state index contributed by atoms with van der Waals surface area (Å²) in [7, 11) is 0. The zero-order chi connectivity index (χ0) is 32.6. The monoisotopic (exact) mass is 609 g/mol. The highest BCUT2D eigenvalue weighted by Crippen LogP contribution is 2.64. The van der Waals surface area contributed by atoms with E-state index in [1.165, 1.54) is 0 Å². The lowest BCUT2D eigenvalue weighted by atomic mass is 9.66. The SMILES string of the molecule is C=CCN(C(=O)[C@H]1[C@H]2C(=O)N([C@@H](CO)[C@@H](C)CC)C(C(=O)N(CC=C)C(C)(C)C)C23CC[C@]1(C)O3)c1ccc(OCC)cc1. The van der Waals surface area contributed by atoms with Crippen LogP contribution < -0.4 is 9.64 Å². The van der Waals surface area contributed by atoms with Crippen molar-refractivity contribution < 1.29 is 29.0 Å². The zero-order valence-corrected chi connectivity index (χ0v) is 27.5. The van der Waals surface area contributed by atoms with E-state index in [0.29, 0.717) is 43.9 Å². The Kier molecular flexibility index (Phi) is 9.71. The van der Waals surface area contributed by atoms with Gasteiger partial charge in [0.1, 0.15) is 17.4 Å². The van der Waals surface area contributed by atoms with Crippen molar-refractivity contribution in [3.05, 3.63) is 49.6 Å². The molecule has 0 saturated carbocycles. The summed E-state index contributed by atoms with van der Waals surface area (Å²) in [5.41, 5.74) is -2.05. The van der Waals surface area contributed by atoms with Crippen molar-refractivity contribution >= 4 is 23.4 Å². The second kappa shape index (κ2) is 12.7. The van der Waals surface area contributed by atoms with Gasteiger partial charge in [0, 0.05) is 24.3 Å². The number of benzene rings is 1. The summed E-state index contributed by atoms with van der Waals surface area (Å²) in [6.07, 6.45) is 5.04. The van der Waals surface area contributed by atoms with Crippen LogP contribution in [0.2, 0.25) is 0 Å². The van der Waals surface area contributed by atoms with Gasteiger partial charge in [0.15, 0.2) is 0 Å². The number of amides is 3. The molecule has 1 aromatic rings. The molecule has 2 unspecified atom stereocenters. The van der Waals surface area contributed by atoms with Crippen LogP contribution in [0.4, 0.5) is 5.69 Å². The van der Waals surface area contributed by atoms with E-state index in [2.05, 4.69) is 13.2 Å². The normalized spacial score (nSPS) is 28.8. The fraction of sp³-hybridized carbons (Fsp3) is 0.629. The van der Waals surface area contributed by atoms with Gasteiger partial charge in [-0.05, 0) is 77.6 Å². The predicted molar refractivity (Wildman–Crippen MR) is 171 cm³/mol. The second-order valence-corrected chi connectivity index (χ2v) is 13.7. The molecule has 44 heavy (non-hydrogen) atoms. The Labute approximate surface area is 262 Å². The van der Waals surface area contributed by atoms with Crippen LogP contribution in [0.15, 0.2) is 49.6 Å². The smallest absolute Gasteiger partial charge is 0.249 e.